The standard InChI is InChI=1S/C13H12ClN3O2/c14-10-3-1-2-9(6-10)12-16-11(19-17-12)7-15-13(18)8-4-5-8/h1-3,6,8H,4-5,7H2,(H,15,18). The molecule has 1 saturated carbocycles. The maximum absolute atomic E-state index is 11.5. The third kappa shape index (κ3) is 2.93. The maximum atomic E-state index is 11.5. The van der Waals surface area contributed by atoms with Gasteiger partial charge >= 0.3 is 0 Å². The van der Waals surface area contributed by atoms with Gasteiger partial charge in [0.25, 0.3) is 0 Å². The summed E-state index contributed by atoms with van der Waals surface area (Å²) in [6, 6.07) is 7.22. The lowest BCUT2D eigenvalue weighted by Crippen LogP contribution is -2.24. The second-order valence-corrected chi connectivity index (χ2v) is 4.95. The molecular weight excluding hydrogens is 266 g/mol. The van der Waals surface area contributed by atoms with Crippen molar-refractivity contribution < 1.29 is 9.32 Å². The van der Waals surface area contributed by atoms with E-state index in [1.165, 1.54) is 0 Å². The number of rotatable bonds is 4. The summed E-state index contributed by atoms with van der Waals surface area (Å²) in [5, 5.41) is 7.26. The molecule has 1 aromatic carbocycles. The summed E-state index contributed by atoms with van der Waals surface area (Å²) in [5.74, 6) is 1.10. The highest BCUT2D eigenvalue weighted by Crippen LogP contribution is 2.28. The fourth-order valence-corrected chi connectivity index (χ4v) is 1.91. The number of carbonyl (C=O) groups is 1. The monoisotopic (exact) mass is 277 g/mol. The molecule has 0 saturated heterocycles. The molecule has 1 aliphatic rings. The second kappa shape index (κ2) is 5.01. The summed E-state index contributed by atoms with van der Waals surface area (Å²) in [7, 11) is 0. The molecule has 0 unspecified atom stereocenters. The molecule has 2 aromatic rings. The van der Waals surface area contributed by atoms with Crippen LogP contribution < -0.4 is 5.32 Å². The molecule has 19 heavy (non-hydrogen) atoms. The predicted octanol–water partition coefficient (Wildman–Crippen LogP) is 2.42. The van der Waals surface area contributed by atoms with Crippen LogP contribution >= 0.6 is 11.6 Å². The van der Waals surface area contributed by atoms with E-state index in [4.69, 9.17) is 16.1 Å². The Kier molecular flexibility index (Phi) is 3.21. The zero-order valence-electron chi connectivity index (χ0n) is 10.1. The Morgan fingerprint density at radius 1 is 1.47 bits per heavy atom. The molecule has 0 bridgehead atoms. The van der Waals surface area contributed by atoms with Crippen LogP contribution in [0.25, 0.3) is 11.4 Å². The van der Waals surface area contributed by atoms with Crippen molar-refractivity contribution in [3.63, 3.8) is 0 Å². The zero-order valence-corrected chi connectivity index (χ0v) is 10.9. The van der Waals surface area contributed by atoms with Crippen molar-refractivity contribution in [2.45, 2.75) is 19.4 Å². The highest BCUT2D eigenvalue weighted by Gasteiger charge is 2.29. The Morgan fingerprint density at radius 3 is 3.05 bits per heavy atom. The van der Waals surface area contributed by atoms with Crippen molar-refractivity contribution >= 4 is 17.5 Å². The lowest BCUT2D eigenvalue weighted by Gasteiger charge is -1.98. The smallest absolute Gasteiger partial charge is 0.246 e. The molecule has 5 nitrogen and oxygen atoms in total. The van der Waals surface area contributed by atoms with Crippen molar-refractivity contribution in [3.8, 4) is 11.4 Å². The zero-order chi connectivity index (χ0) is 13.2. The van der Waals surface area contributed by atoms with Crippen molar-refractivity contribution in [2.24, 2.45) is 5.92 Å². The quantitative estimate of drug-likeness (QED) is 0.932. The summed E-state index contributed by atoms with van der Waals surface area (Å²) in [5.41, 5.74) is 0.788. The fraction of sp³-hybridized carbons (Fsp3) is 0.308. The van der Waals surface area contributed by atoms with E-state index in [0.29, 0.717) is 16.7 Å². The number of hydrogen-bond donors (Lipinski definition) is 1. The van der Waals surface area contributed by atoms with Crippen LogP contribution in [0.3, 0.4) is 0 Å². The molecule has 6 heteroatoms. The van der Waals surface area contributed by atoms with Crippen LogP contribution in [0.1, 0.15) is 18.7 Å². The first-order valence-electron chi connectivity index (χ1n) is 6.08. The van der Waals surface area contributed by atoms with Crippen LogP contribution in [-0.2, 0) is 11.3 Å². The lowest BCUT2D eigenvalue weighted by atomic mass is 10.2. The highest BCUT2D eigenvalue weighted by molar-refractivity contribution is 6.30. The van der Waals surface area contributed by atoms with Crippen molar-refractivity contribution in [1.29, 1.82) is 0 Å². The number of benzene rings is 1. The Hall–Kier alpha value is -1.88. The number of aromatic nitrogens is 2. The first kappa shape index (κ1) is 12.2. The van der Waals surface area contributed by atoms with Gasteiger partial charge in [0.05, 0.1) is 6.54 Å². The van der Waals surface area contributed by atoms with E-state index in [1.54, 1.807) is 12.1 Å². The van der Waals surface area contributed by atoms with E-state index in [-0.39, 0.29) is 18.4 Å². The number of hydrogen-bond acceptors (Lipinski definition) is 4. The third-order valence-corrected chi connectivity index (χ3v) is 3.15. The van der Waals surface area contributed by atoms with Crippen molar-refractivity contribution in [3.05, 3.63) is 35.2 Å². The van der Waals surface area contributed by atoms with Gasteiger partial charge in [0.15, 0.2) is 0 Å². The number of amides is 1. The van der Waals surface area contributed by atoms with Gasteiger partial charge in [-0.15, -0.1) is 0 Å². The van der Waals surface area contributed by atoms with E-state index < -0.39 is 0 Å². The molecule has 1 aromatic heterocycles. The van der Waals surface area contributed by atoms with Crippen molar-refractivity contribution in [1.82, 2.24) is 15.5 Å². The molecule has 3 rings (SSSR count). The van der Waals surface area contributed by atoms with E-state index in [2.05, 4.69) is 15.5 Å². The summed E-state index contributed by atoms with van der Waals surface area (Å²) in [4.78, 5) is 15.7. The molecular formula is C13H12ClN3O2. The van der Waals surface area contributed by atoms with Crippen LogP contribution in [0.5, 0.6) is 0 Å². The summed E-state index contributed by atoms with van der Waals surface area (Å²) in [6.45, 7) is 0.267. The Labute approximate surface area is 115 Å². The average molecular weight is 278 g/mol. The molecule has 1 fully saturated rings. The maximum Gasteiger partial charge on any atom is 0.246 e. The van der Waals surface area contributed by atoms with Gasteiger partial charge in [0, 0.05) is 16.5 Å². The van der Waals surface area contributed by atoms with Gasteiger partial charge in [-0.25, -0.2) is 0 Å². The summed E-state index contributed by atoms with van der Waals surface area (Å²) in [6.07, 6.45) is 1.95. The average Bonchev–Trinajstić information content (AvgIpc) is 3.15. The lowest BCUT2D eigenvalue weighted by molar-refractivity contribution is -0.122. The van der Waals surface area contributed by atoms with Gasteiger partial charge in [-0.2, -0.15) is 4.98 Å². The van der Waals surface area contributed by atoms with E-state index >= 15 is 0 Å². The molecule has 1 aliphatic carbocycles. The molecule has 1 heterocycles. The Morgan fingerprint density at radius 2 is 2.32 bits per heavy atom. The van der Waals surface area contributed by atoms with Gasteiger partial charge in [-0.1, -0.05) is 28.9 Å². The normalized spacial score (nSPS) is 14.4. The van der Waals surface area contributed by atoms with E-state index in [1.807, 2.05) is 12.1 Å². The van der Waals surface area contributed by atoms with Gasteiger partial charge in [-0.3, -0.25) is 4.79 Å². The van der Waals surface area contributed by atoms with Gasteiger partial charge < -0.3 is 9.84 Å². The highest BCUT2D eigenvalue weighted by atomic mass is 35.5. The molecule has 0 radical (unpaired) electrons. The SMILES string of the molecule is O=C(NCc1nc(-c2cccc(Cl)c2)no1)C1CC1. The van der Waals surface area contributed by atoms with Crippen LogP contribution in [0.15, 0.2) is 28.8 Å². The Balaban J connectivity index is 1.67. The molecule has 98 valence electrons. The first-order chi connectivity index (χ1) is 9.22. The predicted molar refractivity (Wildman–Crippen MR) is 69.3 cm³/mol. The molecule has 0 aliphatic heterocycles. The molecule has 0 spiro atoms. The largest absolute Gasteiger partial charge is 0.347 e. The third-order valence-electron chi connectivity index (χ3n) is 2.91. The minimum Gasteiger partial charge on any atom is -0.347 e. The minimum absolute atomic E-state index is 0.0579. The van der Waals surface area contributed by atoms with Crippen LogP contribution in [0.4, 0.5) is 0 Å². The number of nitrogens with zero attached hydrogens (tertiary/aromatic N) is 2. The van der Waals surface area contributed by atoms with Crippen LogP contribution in [-0.4, -0.2) is 16.0 Å². The van der Waals surface area contributed by atoms with Gasteiger partial charge in [-0.05, 0) is 25.0 Å². The number of carbonyl (C=O) groups excluding carboxylic acids is 1. The number of nitrogens with one attached hydrogen (secondary N) is 1. The van der Waals surface area contributed by atoms with E-state index in [0.717, 1.165) is 18.4 Å². The molecule has 0 atom stereocenters. The summed E-state index contributed by atoms with van der Waals surface area (Å²) < 4.78 is 5.09. The van der Waals surface area contributed by atoms with E-state index in [9.17, 15) is 4.79 Å². The second-order valence-electron chi connectivity index (χ2n) is 4.51. The Bertz CT molecular complexity index is 607. The van der Waals surface area contributed by atoms with Crippen LogP contribution in [0.2, 0.25) is 5.02 Å². The van der Waals surface area contributed by atoms with Crippen LogP contribution in [0, 0.1) is 5.92 Å². The molecule has 1 amide bonds. The fourth-order valence-electron chi connectivity index (χ4n) is 1.72. The topological polar surface area (TPSA) is 68.0 Å². The van der Waals surface area contributed by atoms with Gasteiger partial charge in [0.2, 0.25) is 17.6 Å². The first-order valence-corrected chi connectivity index (χ1v) is 6.46. The number of halogens is 1. The van der Waals surface area contributed by atoms with Gasteiger partial charge in [0.1, 0.15) is 0 Å². The van der Waals surface area contributed by atoms with Crippen molar-refractivity contribution in [2.75, 3.05) is 0 Å². The molecule has 1 N–H and O–H groups in total. The minimum atomic E-state index is 0.0579. The summed E-state index contributed by atoms with van der Waals surface area (Å²) >= 11 is 5.90.